The molecular formula is C15H19NO6. The Hall–Kier alpha value is -2.12. The van der Waals surface area contributed by atoms with Gasteiger partial charge in [0.25, 0.3) is 0 Å². The van der Waals surface area contributed by atoms with Crippen LogP contribution in [0.15, 0.2) is 30.3 Å². The lowest BCUT2D eigenvalue weighted by molar-refractivity contribution is -0.140. The summed E-state index contributed by atoms with van der Waals surface area (Å²) in [5, 5.41) is 8.93. The largest absolute Gasteiger partial charge is 0.465 e. The lowest BCUT2D eigenvalue weighted by Gasteiger charge is -2.18. The number of rotatable bonds is 7. The second-order valence-electron chi connectivity index (χ2n) is 5.01. The fraction of sp³-hybridized carbons (Fsp3) is 0.467. The van der Waals surface area contributed by atoms with Crippen LogP contribution in [-0.2, 0) is 25.6 Å². The predicted molar refractivity (Wildman–Crippen MR) is 76.1 cm³/mol. The molecular weight excluding hydrogens is 290 g/mol. The van der Waals surface area contributed by atoms with Crippen LogP contribution in [0.3, 0.4) is 0 Å². The molecule has 1 aliphatic heterocycles. The summed E-state index contributed by atoms with van der Waals surface area (Å²) in [6.45, 7) is 2.31. The summed E-state index contributed by atoms with van der Waals surface area (Å²) >= 11 is 0. The molecule has 0 radical (unpaired) electrons. The van der Waals surface area contributed by atoms with Gasteiger partial charge in [-0.25, -0.2) is 9.59 Å². The smallest absolute Gasteiger partial charge is 0.410 e. The Kier molecular flexibility index (Phi) is 5.74. The summed E-state index contributed by atoms with van der Waals surface area (Å²) < 4.78 is 15.7. The standard InChI is InChI=1S/C15H19NO6/c1-11(21-8-12-5-3-2-4-6-12)7-20-9-13-14(17)22-10-16(13)15(18)19/h2-6,11,13H,7-10H2,1H3,(H,18,19)/t11-,13-/m0/s1. The van der Waals surface area contributed by atoms with Crippen molar-refractivity contribution in [3.63, 3.8) is 0 Å². The van der Waals surface area contributed by atoms with Crippen LogP contribution >= 0.6 is 0 Å². The summed E-state index contributed by atoms with van der Waals surface area (Å²) in [7, 11) is 0. The topological polar surface area (TPSA) is 85.3 Å². The third-order valence-corrected chi connectivity index (χ3v) is 3.25. The average Bonchev–Trinajstić information content (AvgIpc) is 2.88. The SMILES string of the molecule is C[C@@H](COC[C@H]1C(=O)OCN1C(=O)O)OCc1ccccc1. The number of amides is 1. The number of carboxylic acid groups (broad SMARTS) is 1. The van der Waals surface area contributed by atoms with Crippen LogP contribution < -0.4 is 0 Å². The van der Waals surface area contributed by atoms with Crippen LogP contribution in [0.4, 0.5) is 4.79 Å². The summed E-state index contributed by atoms with van der Waals surface area (Å²) in [5.41, 5.74) is 1.06. The molecule has 1 N–H and O–H groups in total. The zero-order valence-corrected chi connectivity index (χ0v) is 12.3. The van der Waals surface area contributed by atoms with Gasteiger partial charge < -0.3 is 19.3 Å². The summed E-state index contributed by atoms with van der Waals surface area (Å²) in [4.78, 5) is 23.3. The number of ether oxygens (including phenoxy) is 3. The molecule has 1 saturated heterocycles. The van der Waals surface area contributed by atoms with Gasteiger partial charge in [-0.1, -0.05) is 30.3 Å². The van der Waals surface area contributed by atoms with Crippen LogP contribution in [0.2, 0.25) is 0 Å². The van der Waals surface area contributed by atoms with Crippen LogP contribution in [-0.4, -0.2) is 54.2 Å². The van der Waals surface area contributed by atoms with E-state index in [1.165, 1.54) is 0 Å². The first-order valence-electron chi connectivity index (χ1n) is 6.97. The van der Waals surface area contributed by atoms with Crippen LogP contribution in [0, 0.1) is 0 Å². The van der Waals surface area contributed by atoms with Gasteiger partial charge in [0.15, 0.2) is 12.8 Å². The molecule has 0 bridgehead atoms. The van der Waals surface area contributed by atoms with E-state index in [4.69, 9.17) is 19.3 Å². The first-order chi connectivity index (χ1) is 10.6. The van der Waals surface area contributed by atoms with Crippen molar-refractivity contribution in [1.82, 2.24) is 4.90 Å². The molecule has 2 rings (SSSR count). The van der Waals surface area contributed by atoms with E-state index in [-0.39, 0.29) is 26.0 Å². The van der Waals surface area contributed by atoms with Gasteiger partial charge in [-0.15, -0.1) is 0 Å². The lowest BCUT2D eigenvalue weighted by Crippen LogP contribution is -2.40. The lowest BCUT2D eigenvalue weighted by atomic mass is 10.2. The van der Waals surface area contributed by atoms with Crippen molar-refractivity contribution in [1.29, 1.82) is 0 Å². The van der Waals surface area contributed by atoms with Gasteiger partial charge in [-0.2, -0.15) is 0 Å². The molecule has 0 aromatic heterocycles. The van der Waals surface area contributed by atoms with Crippen molar-refractivity contribution in [2.24, 2.45) is 0 Å². The number of carbonyl (C=O) groups excluding carboxylic acids is 1. The number of nitrogens with zero attached hydrogens (tertiary/aromatic N) is 1. The van der Waals surface area contributed by atoms with E-state index in [1.54, 1.807) is 0 Å². The number of esters is 1. The quantitative estimate of drug-likeness (QED) is 0.768. The molecule has 2 atom stereocenters. The Balaban J connectivity index is 1.69. The van der Waals surface area contributed by atoms with Gasteiger partial charge in [-0.05, 0) is 12.5 Å². The molecule has 1 heterocycles. The Labute approximate surface area is 128 Å². The highest BCUT2D eigenvalue weighted by Crippen LogP contribution is 2.12. The minimum absolute atomic E-state index is 0.0375. The molecule has 120 valence electrons. The van der Waals surface area contributed by atoms with Gasteiger partial charge in [0.1, 0.15) is 0 Å². The molecule has 0 aliphatic carbocycles. The molecule has 7 heteroatoms. The zero-order valence-electron chi connectivity index (χ0n) is 12.3. The molecule has 7 nitrogen and oxygen atoms in total. The van der Waals surface area contributed by atoms with Gasteiger partial charge in [0.2, 0.25) is 0 Å². The molecule has 1 aliphatic rings. The molecule has 22 heavy (non-hydrogen) atoms. The van der Waals surface area contributed by atoms with E-state index in [2.05, 4.69) is 0 Å². The van der Waals surface area contributed by atoms with Crippen molar-refractivity contribution in [2.45, 2.75) is 25.7 Å². The molecule has 1 aromatic carbocycles. The summed E-state index contributed by atoms with van der Waals surface area (Å²) in [6, 6.07) is 8.83. The highest BCUT2D eigenvalue weighted by Gasteiger charge is 2.38. The molecule has 0 saturated carbocycles. The molecule has 1 fully saturated rings. The van der Waals surface area contributed by atoms with Crippen molar-refractivity contribution < 1.29 is 28.9 Å². The van der Waals surface area contributed by atoms with E-state index >= 15 is 0 Å². The second kappa shape index (κ2) is 7.77. The first-order valence-corrected chi connectivity index (χ1v) is 6.97. The van der Waals surface area contributed by atoms with Crippen molar-refractivity contribution in [3.05, 3.63) is 35.9 Å². The van der Waals surface area contributed by atoms with Crippen molar-refractivity contribution in [2.75, 3.05) is 19.9 Å². The minimum atomic E-state index is -1.20. The van der Waals surface area contributed by atoms with Gasteiger partial charge in [0, 0.05) is 0 Å². The fourth-order valence-corrected chi connectivity index (χ4v) is 2.00. The van der Waals surface area contributed by atoms with Crippen molar-refractivity contribution >= 4 is 12.1 Å². The van der Waals surface area contributed by atoms with E-state index in [0.717, 1.165) is 10.5 Å². The fourth-order valence-electron chi connectivity index (χ4n) is 2.00. The van der Waals surface area contributed by atoms with Gasteiger partial charge in [-0.3, -0.25) is 4.90 Å². The number of carbonyl (C=O) groups is 2. The third kappa shape index (κ3) is 4.44. The highest BCUT2D eigenvalue weighted by molar-refractivity contribution is 5.83. The van der Waals surface area contributed by atoms with E-state index in [0.29, 0.717) is 6.61 Å². The maximum atomic E-state index is 11.4. The summed E-state index contributed by atoms with van der Waals surface area (Å²) in [6.07, 6.45) is -1.37. The number of hydrogen-bond acceptors (Lipinski definition) is 5. The molecule has 1 amide bonds. The number of benzene rings is 1. The first kappa shape index (κ1) is 16.3. The van der Waals surface area contributed by atoms with E-state index < -0.39 is 18.1 Å². The van der Waals surface area contributed by atoms with Crippen LogP contribution in [0.25, 0.3) is 0 Å². The Morgan fingerprint density at radius 2 is 2.18 bits per heavy atom. The number of cyclic esters (lactones) is 1. The Bertz CT molecular complexity index is 506. The predicted octanol–water partition coefficient (Wildman–Crippen LogP) is 1.47. The Morgan fingerprint density at radius 1 is 1.45 bits per heavy atom. The highest BCUT2D eigenvalue weighted by atomic mass is 16.6. The third-order valence-electron chi connectivity index (χ3n) is 3.25. The minimum Gasteiger partial charge on any atom is -0.465 e. The Morgan fingerprint density at radius 3 is 2.86 bits per heavy atom. The summed E-state index contributed by atoms with van der Waals surface area (Å²) in [5.74, 6) is -0.583. The second-order valence-corrected chi connectivity index (χ2v) is 5.01. The molecule has 0 spiro atoms. The van der Waals surface area contributed by atoms with Crippen LogP contribution in [0.5, 0.6) is 0 Å². The average molecular weight is 309 g/mol. The van der Waals surface area contributed by atoms with E-state index in [9.17, 15) is 9.59 Å². The van der Waals surface area contributed by atoms with E-state index in [1.807, 2.05) is 37.3 Å². The maximum Gasteiger partial charge on any atom is 0.410 e. The van der Waals surface area contributed by atoms with Gasteiger partial charge >= 0.3 is 12.1 Å². The molecule has 1 aromatic rings. The van der Waals surface area contributed by atoms with Crippen LogP contribution in [0.1, 0.15) is 12.5 Å². The zero-order chi connectivity index (χ0) is 15.9. The maximum absolute atomic E-state index is 11.4. The van der Waals surface area contributed by atoms with Gasteiger partial charge in [0.05, 0.1) is 25.9 Å². The van der Waals surface area contributed by atoms with Crippen molar-refractivity contribution in [3.8, 4) is 0 Å². The normalized spacial score (nSPS) is 19.0. The number of hydrogen-bond donors (Lipinski definition) is 1. The molecule has 0 unspecified atom stereocenters. The monoisotopic (exact) mass is 309 g/mol.